The first-order valence-corrected chi connectivity index (χ1v) is 10.4. The van der Waals surface area contributed by atoms with Gasteiger partial charge in [-0.1, -0.05) is 30.9 Å². The van der Waals surface area contributed by atoms with Crippen molar-refractivity contribution in [1.82, 2.24) is 19.7 Å². The second kappa shape index (κ2) is 7.47. The number of benzene rings is 1. The highest BCUT2D eigenvalue weighted by atomic mass is 35.5. The predicted molar refractivity (Wildman–Crippen MR) is 106 cm³/mol. The largest absolute Gasteiger partial charge is 0.337 e. The van der Waals surface area contributed by atoms with Gasteiger partial charge in [0, 0.05) is 30.1 Å². The lowest BCUT2D eigenvalue weighted by atomic mass is 9.67. The van der Waals surface area contributed by atoms with Gasteiger partial charge in [-0.25, -0.2) is 4.39 Å². The number of amides is 1. The average molecular weight is 405 g/mol. The Morgan fingerprint density at radius 3 is 2.75 bits per heavy atom. The number of nitrogens with zero attached hydrogens (tertiary/aromatic N) is 4. The molecule has 1 aromatic heterocycles. The van der Waals surface area contributed by atoms with Gasteiger partial charge in [0.15, 0.2) is 0 Å². The van der Waals surface area contributed by atoms with Crippen molar-refractivity contribution in [3.63, 3.8) is 0 Å². The van der Waals surface area contributed by atoms with Gasteiger partial charge in [0.1, 0.15) is 18.0 Å². The fourth-order valence-corrected chi connectivity index (χ4v) is 5.14. The predicted octanol–water partition coefficient (Wildman–Crippen LogP) is 4.84. The zero-order chi connectivity index (χ0) is 19.9. The molecular weight excluding hydrogens is 379 g/mol. The molecule has 2 aromatic rings. The first-order chi connectivity index (χ1) is 13.4. The summed E-state index contributed by atoms with van der Waals surface area (Å²) in [6.45, 7) is 5.39. The van der Waals surface area contributed by atoms with Crippen LogP contribution in [0.25, 0.3) is 0 Å². The molecule has 1 aromatic carbocycles. The molecule has 1 saturated carbocycles. The van der Waals surface area contributed by atoms with Gasteiger partial charge in [-0.05, 0) is 50.3 Å². The number of aromatic nitrogens is 3. The number of carbonyl (C=O) groups is 1. The molecule has 150 valence electrons. The summed E-state index contributed by atoms with van der Waals surface area (Å²) in [5.74, 6) is 0.242. The first kappa shape index (κ1) is 19.4. The molecule has 1 atom stereocenters. The third kappa shape index (κ3) is 3.32. The minimum Gasteiger partial charge on any atom is -0.337 e. The van der Waals surface area contributed by atoms with E-state index in [9.17, 15) is 9.18 Å². The summed E-state index contributed by atoms with van der Waals surface area (Å²) in [4.78, 5) is 15.0. The van der Waals surface area contributed by atoms with E-state index in [1.807, 2.05) is 0 Å². The monoisotopic (exact) mass is 404 g/mol. The summed E-state index contributed by atoms with van der Waals surface area (Å²) >= 11 is 6.02. The van der Waals surface area contributed by atoms with Gasteiger partial charge in [-0.2, -0.15) is 0 Å². The first-order valence-electron chi connectivity index (χ1n) is 10.0. The van der Waals surface area contributed by atoms with Crippen molar-refractivity contribution in [2.45, 2.75) is 57.9 Å². The Balaban J connectivity index is 1.69. The molecule has 0 radical (unpaired) electrons. The van der Waals surface area contributed by atoms with Crippen molar-refractivity contribution in [2.75, 3.05) is 13.1 Å². The molecule has 0 bridgehead atoms. The molecule has 1 saturated heterocycles. The molecule has 1 aliphatic carbocycles. The van der Waals surface area contributed by atoms with Crippen LogP contribution in [0.5, 0.6) is 0 Å². The molecule has 7 heteroatoms. The third-order valence-corrected chi connectivity index (χ3v) is 6.65. The van der Waals surface area contributed by atoms with E-state index in [1.165, 1.54) is 24.6 Å². The fraction of sp³-hybridized carbons (Fsp3) is 0.571. The minimum atomic E-state index is -0.527. The van der Waals surface area contributed by atoms with Crippen LogP contribution in [0.15, 0.2) is 24.5 Å². The Bertz CT molecular complexity index is 875. The lowest BCUT2D eigenvalue weighted by Gasteiger charge is -2.37. The molecule has 1 spiro atoms. The van der Waals surface area contributed by atoms with Crippen molar-refractivity contribution in [3.8, 4) is 0 Å². The summed E-state index contributed by atoms with van der Waals surface area (Å²) in [5, 5.41) is 8.97. The van der Waals surface area contributed by atoms with E-state index in [1.54, 1.807) is 11.2 Å². The van der Waals surface area contributed by atoms with E-state index < -0.39 is 5.82 Å². The quantitative estimate of drug-likeness (QED) is 0.735. The summed E-state index contributed by atoms with van der Waals surface area (Å²) in [5.41, 5.74) is 0.0345. The number of likely N-dealkylation sites (tertiary alicyclic amines) is 1. The molecule has 1 amide bonds. The maximum Gasteiger partial charge on any atom is 0.256 e. The van der Waals surface area contributed by atoms with E-state index in [0.29, 0.717) is 18.1 Å². The lowest BCUT2D eigenvalue weighted by Crippen LogP contribution is -2.35. The molecule has 5 nitrogen and oxygen atoms in total. The summed E-state index contributed by atoms with van der Waals surface area (Å²) in [7, 11) is 0. The lowest BCUT2D eigenvalue weighted by molar-refractivity contribution is 0.0753. The maximum atomic E-state index is 14.3. The molecule has 2 fully saturated rings. The van der Waals surface area contributed by atoms with Crippen molar-refractivity contribution in [3.05, 3.63) is 46.8 Å². The number of hydrogen-bond acceptors (Lipinski definition) is 3. The summed E-state index contributed by atoms with van der Waals surface area (Å²) in [6.07, 6.45) is 7.43. The van der Waals surface area contributed by atoms with Crippen LogP contribution in [-0.4, -0.2) is 38.7 Å². The number of rotatable bonds is 3. The molecule has 1 unspecified atom stereocenters. The second-order valence-electron chi connectivity index (χ2n) is 8.48. The van der Waals surface area contributed by atoms with Crippen LogP contribution in [0.1, 0.15) is 74.1 Å². The van der Waals surface area contributed by atoms with Gasteiger partial charge < -0.3 is 9.47 Å². The molecule has 28 heavy (non-hydrogen) atoms. The highest BCUT2D eigenvalue weighted by Gasteiger charge is 2.51. The smallest absolute Gasteiger partial charge is 0.256 e. The van der Waals surface area contributed by atoms with Gasteiger partial charge in [0.05, 0.1) is 5.56 Å². The van der Waals surface area contributed by atoms with Gasteiger partial charge >= 0.3 is 0 Å². The van der Waals surface area contributed by atoms with Crippen LogP contribution in [0, 0.1) is 11.2 Å². The van der Waals surface area contributed by atoms with Gasteiger partial charge in [-0.3, -0.25) is 4.79 Å². The Morgan fingerprint density at radius 1 is 1.29 bits per heavy atom. The number of halogens is 2. The molecule has 1 aliphatic heterocycles. The second-order valence-corrected chi connectivity index (χ2v) is 8.91. The van der Waals surface area contributed by atoms with Crippen molar-refractivity contribution in [2.24, 2.45) is 5.41 Å². The average Bonchev–Trinajstić information content (AvgIpc) is 3.29. The number of carbonyl (C=O) groups excluding carboxylic acids is 1. The van der Waals surface area contributed by atoms with Crippen LogP contribution in [0.2, 0.25) is 5.02 Å². The normalized spacial score (nSPS) is 21.6. The van der Waals surface area contributed by atoms with E-state index in [2.05, 4.69) is 28.6 Å². The van der Waals surface area contributed by atoms with E-state index in [0.717, 1.165) is 31.5 Å². The van der Waals surface area contributed by atoms with E-state index in [-0.39, 0.29) is 28.8 Å². The SMILES string of the molecule is CC(C)n1cnnc1C1CN(C(=O)c2cc(Cl)ccc2F)CC12CCCCC2. The highest BCUT2D eigenvalue weighted by molar-refractivity contribution is 6.31. The van der Waals surface area contributed by atoms with Crippen molar-refractivity contribution >= 4 is 17.5 Å². The Hall–Kier alpha value is -1.95. The van der Waals surface area contributed by atoms with Gasteiger partial charge in [0.2, 0.25) is 0 Å². The fourth-order valence-electron chi connectivity index (χ4n) is 4.97. The van der Waals surface area contributed by atoms with E-state index in [4.69, 9.17) is 11.6 Å². The zero-order valence-electron chi connectivity index (χ0n) is 16.4. The summed E-state index contributed by atoms with van der Waals surface area (Å²) < 4.78 is 16.4. The summed E-state index contributed by atoms with van der Waals surface area (Å²) in [6, 6.07) is 4.40. The van der Waals surface area contributed by atoms with Crippen LogP contribution in [-0.2, 0) is 0 Å². The highest BCUT2D eigenvalue weighted by Crippen LogP contribution is 2.52. The Kier molecular flexibility index (Phi) is 5.17. The molecule has 0 N–H and O–H groups in total. The third-order valence-electron chi connectivity index (χ3n) is 6.41. The van der Waals surface area contributed by atoms with Crippen LogP contribution < -0.4 is 0 Å². The van der Waals surface area contributed by atoms with Crippen molar-refractivity contribution in [1.29, 1.82) is 0 Å². The number of hydrogen-bond donors (Lipinski definition) is 0. The van der Waals surface area contributed by atoms with Crippen LogP contribution in [0.3, 0.4) is 0 Å². The molecule has 2 aliphatic rings. The Morgan fingerprint density at radius 2 is 2.04 bits per heavy atom. The molecular formula is C21H26ClFN4O. The zero-order valence-corrected chi connectivity index (χ0v) is 17.1. The molecule has 2 heterocycles. The van der Waals surface area contributed by atoms with Crippen LogP contribution in [0.4, 0.5) is 4.39 Å². The van der Waals surface area contributed by atoms with Crippen molar-refractivity contribution < 1.29 is 9.18 Å². The standard InChI is InChI=1S/C21H26ClFN4O/c1-14(2)27-13-24-25-19(27)17-11-26(12-21(17)8-4-3-5-9-21)20(28)16-10-15(22)6-7-18(16)23/h6-7,10,13-14,17H,3-5,8-9,11-12H2,1-2H3. The van der Waals surface area contributed by atoms with Gasteiger partial charge in [0.25, 0.3) is 5.91 Å². The minimum absolute atomic E-state index is 0.0113. The van der Waals surface area contributed by atoms with Crippen LogP contribution >= 0.6 is 11.6 Å². The topological polar surface area (TPSA) is 51.0 Å². The molecule has 4 rings (SSSR count). The Labute approximate surface area is 169 Å². The van der Waals surface area contributed by atoms with Gasteiger partial charge in [-0.15, -0.1) is 10.2 Å². The van der Waals surface area contributed by atoms with E-state index >= 15 is 0 Å². The maximum absolute atomic E-state index is 14.3.